The highest BCUT2D eigenvalue weighted by molar-refractivity contribution is 5.87. The van der Waals surface area contributed by atoms with Crippen LogP contribution in [0.25, 0.3) is 10.8 Å². The number of likely N-dealkylation sites (tertiary alicyclic amines) is 1. The average Bonchev–Trinajstić information content (AvgIpc) is 2.80. The smallest absolute Gasteiger partial charge is 0.223 e. The van der Waals surface area contributed by atoms with Crippen LogP contribution in [-0.4, -0.2) is 30.4 Å². The Labute approximate surface area is 180 Å². The van der Waals surface area contributed by atoms with Crippen LogP contribution < -0.4 is 5.32 Å². The molecule has 1 atom stereocenters. The third-order valence-electron chi connectivity index (χ3n) is 6.39. The standard InChI is InChI=1S/C27H32N2O/c1-21(25-15-7-13-23-12-5-6-14-26(23)25)28-27(30)24-16-19-29(20-17-24)18-8-11-22-9-3-2-4-10-22/h2-7,9-10,12-15,21,24H,8,11,16-20H2,1H3,(H,28,30). The van der Waals surface area contributed by atoms with Crippen LogP contribution in [0.5, 0.6) is 0 Å². The Hall–Kier alpha value is -2.65. The van der Waals surface area contributed by atoms with E-state index in [2.05, 4.69) is 89.9 Å². The third-order valence-corrected chi connectivity index (χ3v) is 6.39. The van der Waals surface area contributed by atoms with Crippen LogP contribution in [0.4, 0.5) is 0 Å². The van der Waals surface area contributed by atoms with Crippen molar-refractivity contribution >= 4 is 16.7 Å². The van der Waals surface area contributed by atoms with Crippen molar-refractivity contribution < 1.29 is 4.79 Å². The van der Waals surface area contributed by atoms with Crippen LogP contribution in [0.3, 0.4) is 0 Å². The number of amides is 1. The van der Waals surface area contributed by atoms with Gasteiger partial charge in [0.2, 0.25) is 5.91 Å². The first-order valence-electron chi connectivity index (χ1n) is 11.2. The Morgan fingerprint density at radius 2 is 1.67 bits per heavy atom. The molecule has 30 heavy (non-hydrogen) atoms. The molecule has 3 aromatic rings. The van der Waals surface area contributed by atoms with Crippen molar-refractivity contribution in [2.75, 3.05) is 19.6 Å². The predicted octanol–water partition coefficient (Wildman–Crippen LogP) is 5.36. The van der Waals surface area contributed by atoms with Gasteiger partial charge in [-0.2, -0.15) is 0 Å². The highest BCUT2D eigenvalue weighted by atomic mass is 16.1. The summed E-state index contributed by atoms with van der Waals surface area (Å²) in [5, 5.41) is 5.73. The second-order valence-corrected chi connectivity index (χ2v) is 8.50. The molecule has 4 rings (SSSR count). The minimum Gasteiger partial charge on any atom is -0.349 e. The second kappa shape index (κ2) is 9.90. The highest BCUT2D eigenvalue weighted by Gasteiger charge is 2.26. The Morgan fingerprint density at radius 3 is 2.47 bits per heavy atom. The summed E-state index contributed by atoms with van der Waals surface area (Å²) in [7, 11) is 0. The normalized spacial score (nSPS) is 16.4. The van der Waals surface area contributed by atoms with E-state index in [0.717, 1.165) is 38.9 Å². The molecule has 1 unspecified atom stereocenters. The SMILES string of the molecule is CC(NC(=O)C1CCN(CCCc2ccccc2)CC1)c1cccc2ccccc12. The minimum atomic E-state index is 0.0208. The van der Waals surface area contributed by atoms with Gasteiger partial charge in [-0.05, 0) is 74.1 Å². The molecule has 1 fully saturated rings. The van der Waals surface area contributed by atoms with E-state index in [1.54, 1.807) is 0 Å². The molecule has 1 saturated heterocycles. The van der Waals surface area contributed by atoms with Crippen LogP contribution >= 0.6 is 0 Å². The zero-order valence-electron chi connectivity index (χ0n) is 17.9. The molecule has 1 heterocycles. The van der Waals surface area contributed by atoms with E-state index in [0.29, 0.717) is 0 Å². The van der Waals surface area contributed by atoms with Gasteiger partial charge in [0.15, 0.2) is 0 Å². The highest BCUT2D eigenvalue weighted by Crippen LogP contribution is 2.25. The van der Waals surface area contributed by atoms with Crippen LogP contribution in [0.15, 0.2) is 72.8 Å². The largest absolute Gasteiger partial charge is 0.349 e. The maximum atomic E-state index is 12.9. The van der Waals surface area contributed by atoms with E-state index in [1.165, 1.54) is 28.3 Å². The van der Waals surface area contributed by atoms with Gasteiger partial charge in [0.05, 0.1) is 6.04 Å². The quantitative estimate of drug-likeness (QED) is 0.579. The monoisotopic (exact) mass is 400 g/mol. The van der Waals surface area contributed by atoms with Crippen molar-refractivity contribution in [2.24, 2.45) is 5.92 Å². The number of benzene rings is 3. The Balaban J connectivity index is 1.25. The number of hydrogen-bond acceptors (Lipinski definition) is 2. The lowest BCUT2D eigenvalue weighted by Gasteiger charge is -2.32. The summed E-state index contributed by atoms with van der Waals surface area (Å²) < 4.78 is 0. The summed E-state index contributed by atoms with van der Waals surface area (Å²) in [5.74, 6) is 0.340. The lowest BCUT2D eigenvalue weighted by atomic mass is 9.94. The summed E-state index contributed by atoms with van der Waals surface area (Å²) >= 11 is 0. The second-order valence-electron chi connectivity index (χ2n) is 8.50. The van der Waals surface area contributed by atoms with E-state index in [4.69, 9.17) is 0 Å². The molecule has 1 amide bonds. The fourth-order valence-corrected chi connectivity index (χ4v) is 4.61. The lowest BCUT2D eigenvalue weighted by molar-refractivity contribution is -0.127. The van der Waals surface area contributed by atoms with E-state index >= 15 is 0 Å². The summed E-state index contributed by atoms with van der Waals surface area (Å²) in [6, 6.07) is 25.4. The maximum Gasteiger partial charge on any atom is 0.223 e. The van der Waals surface area contributed by atoms with E-state index in [9.17, 15) is 4.79 Å². The summed E-state index contributed by atoms with van der Waals surface area (Å²) in [5.41, 5.74) is 2.61. The van der Waals surface area contributed by atoms with Crippen molar-refractivity contribution in [3.8, 4) is 0 Å². The fourth-order valence-electron chi connectivity index (χ4n) is 4.61. The topological polar surface area (TPSA) is 32.3 Å². The van der Waals surface area contributed by atoms with Crippen molar-refractivity contribution in [3.05, 3.63) is 83.9 Å². The molecule has 3 heteroatoms. The first-order valence-corrected chi connectivity index (χ1v) is 11.2. The molecule has 156 valence electrons. The van der Waals surface area contributed by atoms with Gasteiger partial charge in [0, 0.05) is 5.92 Å². The number of piperidine rings is 1. The minimum absolute atomic E-state index is 0.0208. The molecule has 0 radical (unpaired) electrons. The number of carbonyl (C=O) groups is 1. The Bertz CT molecular complexity index is 956. The van der Waals surface area contributed by atoms with E-state index in [-0.39, 0.29) is 17.9 Å². The van der Waals surface area contributed by atoms with Crippen molar-refractivity contribution in [1.29, 1.82) is 0 Å². The van der Waals surface area contributed by atoms with E-state index in [1.807, 2.05) is 0 Å². The number of hydrogen-bond donors (Lipinski definition) is 1. The molecular formula is C27H32N2O. The third kappa shape index (κ3) is 5.09. The van der Waals surface area contributed by atoms with Crippen molar-refractivity contribution in [1.82, 2.24) is 10.2 Å². The lowest BCUT2D eigenvalue weighted by Crippen LogP contribution is -2.41. The Morgan fingerprint density at radius 1 is 0.967 bits per heavy atom. The van der Waals surface area contributed by atoms with Crippen LogP contribution in [0.1, 0.15) is 43.4 Å². The van der Waals surface area contributed by atoms with Gasteiger partial charge in [0.1, 0.15) is 0 Å². The number of nitrogens with zero attached hydrogens (tertiary/aromatic N) is 1. The molecule has 0 bridgehead atoms. The Kier molecular flexibility index (Phi) is 6.81. The van der Waals surface area contributed by atoms with Crippen LogP contribution in [0, 0.1) is 5.92 Å². The number of fused-ring (bicyclic) bond motifs is 1. The van der Waals surface area contributed by atoms with Gasteiger partial charge in [-0.25, -0.2) is 0 Å². The molecule has 1 aliphatic rings. The molecular weight excluding hydrogens is 368 g/mol. The van der Waals surface area contributed by atoms with Gasteiger partial charge in [-0.15, -0.1) is 0 Å². The van der Waals surface area contributed by atoms with Crippen molar-refractivity contribution in [3.63, 3.8) is 0 Å². The zero-order chi connectivity index (χ0) is 20.8. The van der Waals surface area contributed by atoms with Gasteiger partial charge in [-0.3, -0.25) is 4.79 Å². The number of rotatable bonds is 7. The molecule has 0 saturated carbocycles. The van der Waals surface area contributed by atoms with Gasteiger partial charge in [0.25, 0.3) is 0 Å². The van der Waals surface area contributed by atoms with Gasteiger partial charge < -0.3 is 10.2 Å². The van der Waals surface area contributed by atoms with Crippen LogP contribution in [-0.2, 0) is 11.2 Å². The van der Waals surface area contributed by atoms with Gasteiger partial charge in [-0.1, -0.05) is 72.8 Å². The summed E-state index contributed by atoms with van der Waals surface area (Å²) in [6.45, 7) is 5.26. The van der Waals surface area contributed by atoms with Gasteiger partial charge >= 0.3 is 0 Å². The predicted molar refractivity (Wildman–Crippen MR) is 124 cm³/mol. The maximum absolute atomic E-state index is 12.9. The first-order chi connectivity index (χ1) is 14.7. The molecule has 3 aromatic carbocycles. The number of aryl methyl sites for hydroxylation is 1. The first kappa shape index (κ1) is 20.6. The molecule has 1 aliphatic heterocycles. The van der Waals surface area contributed by atoms with Crippen molar-refractivity contribution in [2.45, 2.75) is 38.6 Å². The zero-order valence-corrected chi connectivity index (χ0v) is 17.9. The fraction of sp³-hybridized carbons (Fsp3) is 0.370. The summed E-state index contributed by atoms with van der Waals surface area (Å²) in [4.78, 5) is 15.4. The molecule has 3 nitrogen and oxygen atoms in total. The van der Waals surface area contributed by atoms with Crippen LogP contribution in [0.2, 0.25) is 0 Å². The molecule has 0 aliphatic carbocycles. The molecule has 0 aromatic heterocycles. The average molecular weight is 401 g/mol. The molecule has 0 spiro atoms. The number of nitrogens with one attached hydrogen (secondary N) is 1. The molecule has 1 N–H and O–H groups in total. The summed E-state index contributed by atoms with van der Waals surface area (Å²) in [6.07, 6.45) is 4.22. The van der Waals surface area contributed by atoms with E-state index < -0.39 is 0 Å². The number of carbonyl (C=O) groups excluding carboxylic acids is 1.